The largest absolute Gasteiger partial charge is 0.373 e. The minimum absolute atomic E-state index is 0.0160. The number of hydrogen-bond acceptors (Lipinski definition) is 2. The van der Waals surface area contributed by atoms with Crippen LogP contribution in [0.4, 0.5) is 0 Å². The Morgan fingerprint density at radius 1 is 1.29 bits per heavy atom. The molecular formula is C10H19N3O. The van der Waals surface area contributed by atoms with Gasteiger partial charge in [0.05, 0.1) is 5.60 Å². The fourth-order valence-electron chi connectivity index (χ4n) is 2.54. The van der Waals surface area contributed by atoms with Gasteiger partial charge in [-0.25, -0.2) is 0 Å². The topological polar surface area (TPSA) is 62.3 Å². The first-order valence-electron chi connectivity index (χ1n) is 5.45. The highest BCUT2D eigenvalue weighted by molar-refractivity contribution is 5.74. The smallest absolute Gasteiger partial charge is 0.188 e. The number of guanidine groups is 1. The van der Waals surface area contributed by atoms with E-state index in [1.807, 2.05) is 4.90 Å². The molecule has 0 saturated carbocycles. The summed E-state index contributed by atoms with van der Waals surface area (Å²) in [6, 6.07) is 0. The third-order valence-electron chi connectivity index (χ3n) is 3.32. The number of hydrogen-bond donors (Lipinski definition) is 2. The van der Waals surface area contributed by atoms with Crippen LogP contribution >= 0.6 is 0 Å². The van der Waals surface area contributed by atoms with Gasteiger partial charge in [0.25, 0.3) is 0 Å². The van der Waals surface area contributed by atoms with Crippen molar-refractivity contribution in [2.24, 2.45) is 5.73 Å². The molecule has 0 aromatic heterocycles. The Bertz CT molecular complexity index is 218. The summed E-state index contributed by atoms with van der Waals surface area (Å²) >= 11 is 0. The summed E-state index contributed by atoms with van der Waals surface area (Å²) < 4.78 is 5.89. The normalized spacial score (nSPS) is 33.3. The van der Waals surface area contributed by atoms with Gasteiger partial charge < -0.3 is 15.4 Å². The zero-order chi connectivity index (χ0) is 10.0. The molecule has 2 saturated heterocycles. The van der Waals surface area contributed by atoms with Crippen LogP contribution in [0.3, 0.4) is 0 Å². The van der Waals surface area contributed by atoms with E-state index < -0.39 is 0 Å². The highest BCUT2D eigenvalue weighted by Crippen LogP contribution is 2.33. The first kappa shape index (κ1) is 9.77. The second kappa shape index (κ2) is 3.77. The zero-order valence-corrected chi connectivity index (χ0v) is 8.59. The van der Waals surface area contributed by atoms with Crippen LogP contribution in [0.25, 0.3) is 0 Å². The highest BCUT2D eigenvalue weighted by atomic mass is 16.5. The number of rotatable bonds is 0. The van der Waals surface area contributed by atoms with Gasteiger partial charge in [-0.2, -0.15) is 0 Å². The average molecular weight is 197 g/mol. The third-order valence-corrected chi connectivity index (χ3v) is 3.32. The minimum atomic E-state index is 0.0160. The lowest BCUT2D eigenvalue weighted by molar-refractivity contribution is -0.106. The summed E-state index contributed by atoms with van der Waals surface area (Å²) in [6.07, 6.45) is 5.81. The lowest BCUT2D eigenvalue weighted by Gasteiger charge is -2.45. The fourth-order valence-corrected chi connectivity index (χ4v) is 2.54. The summed E-state index contributed by atoms with van der Waals surface area (Å²) in [5, 5.41) is 7.44. The molecule has 80 valence electrons. The summed E-state index contributed by atoms with van der Waals surface area (Å²) in [5.74, 6) is 0.193. The molecule has 2 aliphatic rings. The first-order valence-corrected chi connectivity index (χ1v) is 5.45. The van der Waals surface area contributed by atoms with Gasteiger partial charge in [-0.3, -0.25) is 5.41 Å². The monoisotopic (exact) mass is 197 g/mol. The van der Waals surface area contributed by atoms with Crippen LogP contribution < -0.4 is 5.73 Å². The Balaban J connectivity index is 2.01. The molecule has 0 amide bonds. The van der Waals surface area contributed by atoms with E-state index in [0.29, 0.717) is 0 Å². The van der Waals surface area contributed by atoms with Gasteiger partial charge in [0.15, 0.2) is 5.96 Å². The maximum absolute atomic E-state index is 7.44. The van der Waals surface area contributed by atoms with E-state index >= 15 is 0 Å². The second-order valence-electron chi connectivity index (χ2n) is 4.40. The van der Waals surface area contributed by atoms with Crippen LogP contribution in [0, 0.1) is 5.41 Å². The van der Waals surface area contributed by atoms with Gasteiger partial charge in [0.2, 0.25) is 0 Å². The van der Waals surface area contributed by atoms with Crippen molar-refractivity contribution in [3.63, 3.8) is 0 Å². The molecule has 0 unspecified atom stereocenters. The summed E-state index contributed by atoms with van der Waals surface area (Å²) in [4.78, 5) is 1.94. The van der Waals surface area contributed by atoms with E-state index in [4.69, 9.17) is 15.9 Å². The number of likely N-dealkylation sites (tertiary alicyclic amines) is 1. The molecule has 3 N–H and O–H groups in total. The molecule has 2 heterocycles. The standard InChI is InChI=1S/C10H19N3O/c11-9(12)13-6-3-5-10(8-13)4-1-2-7-14-10/h1-8H2,(H3,11,12)/t10-/m1/s1. The molecule has 0 aliphatic carbocycles. The molecular weight excluding hydrogens is 178 g/mol. The SMILES string of the molecule is N=C(N)N1CCC[C@]2(CCCCO2)C1. The maximum Gasteiger partial charge on any atom is 0.188 e. The molecule has 0 aromatic carbocycles. The summed E-state index contributed by atoms with van der Waals surface area (Å²) in [6.45, 7) is 2.62. The van der Waals surface area contributed by atoms with E-state index in [2.05, 4.69) is 0 Å². The van der Waals surface area contributed by atoms with Crippen LogP contribution in [0.1, 0.15) is 32.1 Å². The Morgan fingerprint density at radius 2 is 2.07 bits per heavy atom. The van der Waals surface area contributed by atoms with Crippen molar-refractivity contribution in [1.82, 2.24) is 4.90 Å². The number of nitrogens with two attached hydrogens (primary N) is 1. The molecule has 1 atom stereocenters. The Morgan fingerprint density at radius 3 is 2.71 bits per heavy atom. The molecule has 2 fully saturated rings. The molecule has 0 radical (unpaired) electrons. The minimum Gasteiger partial charge on any atom is -0.373 e. The highest BCUT2D eigenvalue weighted by Gasteiger charge is 2.38. The lowest BCUT2D eigenvalue weighted by atomic mass is 9.86. The van der Waals surface area contributed by atoms with E-state index in [-0.39, 0.29) is 11.6 Å². The summed E-state index contributed by atoms with van der Waals surface area (Å²) in [7, 11) is 0. The Kier molecular flexibility index (Phi) is 2.63. The van der Waals surface area contributed by atoms with Gasteiger partial charge in [-0.05, 0) is 32.1 Å². The molecule has 4 heteroatoms. The van der Waals surface area contributed by atoms with Crippen LogP contribution in [0.15, 0.2) is 0 Å². The molecule has 1 spiro atoms. The van der Waals surface area contributed by atoms with Crippen molar-refractivity contribution in [1.29, 1.82) is 5.41 Å². The van der Waals surface area contributed by atoms with Crippen LogP contribution in [0.5, 0.6) is 0 Å². The number of nitrogens with one attached hydrogen (secondary N) is 1. The van der Waals surface area contributed by atoms with Crippen LogP contribution in [0.2, 0.25) is 0 Å². The molecule has 0 bridgehead atoms. The van der Waals surface area contributed by atoms with Gasteiger partial charge in [-0.1, -0.05) is 0 Å². The molecule has 14 heavy (non-hydrogen) atoms. The van der Waals surface area contributed by atoms with Crippen LogP contribution in [-0.2, 0) is 4.74 Å². The summed E-state index contributed by atoms with van der Waals surface area (Å²) in [5.41, 5.74) is 5.53. The lowest BCUT2D eigenvalue weighted by Crippen LogP contribution is -2.54. The Hall–Kier alpha value is -0.770. The zero-order valence-electron chi connectivity index (χ0n) is 8.59. The molecule has 4 nitrogen and oxygen atoms in total. The molecule has 0 aromatic rings. The van der Waals surface area contributed by atoms with Gasteiger partial charge in [0.1, 0.15) is 0 Å². The van der Waals surface area contributed by atoms with Crippen molar-refractivity contribution in [3.05, 3.63) is 0 Å². The van der Waals surface area contributed by atoms with Crippen molar-refractivity contribution in [2.75, 3.05) is 19.7 Å². The number of piperidine rings is 1. The van der Waals surface area contributed by atoms with Crippen molar-refractivity contribution >= 4 is 5.96 Å². The van der Waals surface area contributed by atoms with Gasteiger partial charge in [0, 0.05) is 19.7 Å². The molecule has 2 aliphatic heterocycles. The quantitative estimate of drug-likeness (QED) is 0.448. The second-order valence-corrected chi connectivity index (χ2v) is 4.40. The van der Waals surface area contributed by atoms with E-state index in [0.717, 1.165) is 39.0 Å². The molecule has 2 rings (SSSR count). The number of ether oxygens (including phenoxy) is 1. The van der Waals surface area contributed by atoms with E-state index in [9.17, 15) is 0 Å². The average Bonchev–Trinajstić information content (AvgIpc) is 2.19. The van der Waals surface area contributed by atoms with Gasteiger partial charge >= 0.3 is 0 Å². The third kappa shape index (κ3) is 1.85. The van der Waals surface area contributed by atoms with E-state index in [1.54, 1.807) is 0 Å². The van der Waals surface area contributed by atoms with Crippen LogP contribution in [-0.4, -0.2) is 36.2 Å². The van der Waals surface area contributed by atoms with Crippen molar-refractivity contribution in [3.8, 4) is 0 Å². The predicted molar refractivity (Wildman–Crippen MR) is 55.3 cm³/mol. The first-order chi connectivity index (χ1) is 6.72. The fraction of sp³-hybridized carbons (Fsp3) is 0.900. The predicted octanol–water partition coefficient (Wildman–Crippen LogP) is 0.915. The van der Waals surface area contributed by atoms with Gasteiger partial charge in [-0.15, -0.1) is 0 Å². The van der Waals surface area contributed by atoms with Crippen molar-refractivity contribution in [2.45, 2.75) is 37.7 Å². The van der Waals surface area contributed by atoms with Crippen molar-refractivity contribution < 1.29 is 4.74 Å². The Labute approximate surface area is 84.9 Å². The number of nitrogens with zero attached hydrogens (tertiary/aromatic N) is 1. The van der Waals surface area contributed by atoms with E-state index in [1.165, 1.54) is 12.8 Å². The maximum atomic E-state index is 7.44.